The zero-order valence-corrected chi connectivity index (χ0v) is 9.16. The van der Waals surface area contributed by atoms with Gasteiger partial charge >= 0.3 is 5.97 Å². The Kier molecular flexibility index (Phi) is 3.86. The largest absolute Gasteiger partial charge is 0.480 e. The minimum Gasteiger partial charge on any atom is -0.480 e. The van der Waals surface area contributed by atoms with Gasteiger partial charge in [-0.1, -0.05) is 43.7 Å². The van der Waals surface area contributed by atoms with Gasteiger partial charge in [-0.3, -0.25) is 0 Å². The van der Waals surface area contributed by atoms with Crippen LogP contribution < -0.4 is 5.32 Å². The van der Waals surface area contributed by atoms with Crippen molar-refractivity contribution in [2.24, 2.45) is 0 Å². The van der Waals surface area contributed by atoms with E-state index in [0.717, 1.165) is 12.0 Å². The molecule has 0 aliphatic rings. The number of hydrogen-bond donors (Lipinski definition) is 2. The summed E-state index contributed by atoms with van der Waals surface area (Å²) in [5.41, 5.74) is -0.141. The minimum absolute atomic E-state index is 0.586. The van der Waals surface area contributed by atoms with Crippen molar-refractivity contribution in [3.63, 3.8) is 0 Å². The molecule has 0 aliphatic heterocycles. The molecule has 3 heteroatoms. The van der Waals surface area contributed by atoms with Crippen LogP contribution in [0.1, 0.15) is 25.3 Å². The Hall–Kier alpha value is -1.35. The lowest BCUT2D eigenvalue weighted by Crippen LogP contribution is -2.47. The lowest BCUT2D eigenvalue weighted by atomic mass is 9.86. The van der Waals surface area contributed by atoms with Crippen LogP contribution in [0, 0.1) is 0 Å². The van der Waals surface area contributed by atoms with Crippen molar-refractivity contribution >= 4 is 5.97 Å². The molecule has 1 rings (SSSR count). The highest BCUT2D eigenvalue weighted by molar-refractivity contribution is 5.80. The molecular weight excluding hydrogens is 190 g/mol. The molecule has 0 amide bonds. The van der Waals surface area contributed by atoms with Gasteiger partial charge in [0.05, 0.1) is 0 Å². The number of benzene rings is 1. The number of carboxylic acid groups (broad SMARTS) is 1. The third-order valence-corrected chi connectivity index (χ3v) is 2.68. The summed E-state index contributed by atoms with van der Waals surface area (Å²) in [5, 5.41) is 12.3. The van der Waals surface area contributed by atoms with Crippen molar-refractivity contribution in [1.29, 1.82) is 0 Å². The van der Waals surface area contributed by atoms with E-state index < -0.39 is 11.5 Å². The maximum absolute atomic E-state index is 11.4. The van der Waals surface area contributed by atoms with Gasteiger partial charge in [0, 0.05) is 0 Å². The summed E-state index contributed by atoms with van der Waals surface area (Å²) in [6.45, 7) is 1.98. The van der Waals surface area contributed by atoms with Crippen LogP contribution in [-0.2, 0) is 10.3 Å². The van der Waals surface area contributed by atoms with Crippen LogP contribution >= 0.6 is 0 Å². The number of likely N-dealkylation sites (N-methyl/N-ethyl adjacent to an activating group) is 1. The molecule has 0 saturated carbocycles. The molecule has 0 heterocycles. The average Bonchev–Trinajstić information content (AvgIpc) is 2.26. The molecule has 3 nitrogen and oxygen atoms in total. The Labute approximate surface area is 90.1 Å². The third kappa shape index (κ3) is 2.18. The van der Waals surface area contributed by atoms with E-state index in [9.17, 15) is 9.90 Å². The van der Waals surface area contributed by atoms with E-state index in [1.54, 1.807) is 7.05 Å². The zero-order chi connectivity index (χ0) is 11.3. The van der Waals surface area contributed by atoms with Gasteiger partial charge in [-0.25, -0.2) is 4.79 Å². The summed E-state index contributed by atoms with van der Waals surface area (Å²) in [6, 6.07) is 9.30. The summed E-state index contributed by atoms with van der Waals surface area (Å²) >= 11 is 0. The Morgan fingerprint density at radius 2 is 2.00 bits per heavy atom. The number of aliphatic carboxylic acids is 1. The summed E-state index contributed by atoms with van der Waals surface area (Å²) in [6.07, 6.45) is 1.41. The van der Waals surface area contributed by atoms with E-state index >= 15 is 0 Å². The van der Waals surface area contributed by atoms with E-state index in [1.165, 1.54) is 0 Å². The van der Waals surface area contributed by atoms with Gasteiger partial charge in [-0.05, 0) is 19.0 Å². The minimum atomic E-state index is -0.948. The maximum Gasteiger partial charge on any atom is 0.328 e. The van der Waals surface area contributed by atoms with Crippen LogP contribution in [0.5, 0.6) is 0 Å². The molecule has 0 fully saturated rings. The SMILES string of the molecule is CCCC(NC)(C(=O)O)c1ccccc1. The van der Waals surface area contributed by atoms with Gasteiger partial charge < -0.3 is 10.4 Å². The van der Waals surface area contributed by atoms with Gasteiger partial charge in [0.25, 0.3) is 0 Å². The Balaban J connectivity index is 3.15. The molecule has 0 saturated heterocycles. The Bertz CT molecular complexity index is 324. The van der Waals surface area contributed by atoms with Crippen LogP contribution in [-0.4, -0.2) is 18.1 Å². The molecule has 1 aromatic carbocycles. The summed E-state index contributed by atoms with van der Waals surface area (Å²) < 4.78 is 0. The first-order chi connectivity index (χ1) is 7.17. The second-order valence-electron chi connectivity index (χ2n) is 3.58. The quantitative estimate of drug-likeness (QED) is 0.776. The van der Waals surface area contributed by atoms with Gasteiger partial charge in [0.15, 0.2) is 0 Å². The highest BCUT2D eigenvalue weighted by Gasteiger charge is 2.37. The van der Waals surface area contributed by atoms with E-state index in [-0.39, 0.29) is 0 Å². The number of carboxylic acids is 1. The number of rotatable bonds is 5. The highest BCUT2D eigenvalue weighted by atomic mass is 16.4. The van der Waals surface area contributed by atoms with Crippen LogP contribution in [0.25, 0.3) is 0 Å². The monoisotopic (exact) mass is 207 g/mol. The fourth-order valence-electron chi connectivity index (χ4n) is 1.85. The van der Waals surface area contributed by atoms with Crippen molar-refractivity contribution in [1.82, 2.24) is 5.32 Å². The first-order valence-electron chi connectivity index (χ1n) is 5.15. The molecule has 15 heavy (non-hydrogen) atoms. The lowest BCUT2D eigenvalue weighted by Gasteiger charge is -2.29. The first kappa shape index (κ1) is 11.7. The molecule has 0 aliphatic carbocycles. The van der Waals surface area contributed by atoms with Crippen molar-refractivity contribution < 1.29 is 9.90 Å². The van der Waals surface area contributed by atoms with Gasteiger partial charge in [-0.2, -0.15) is 0 Å². The van der Waals surface area contributed by atoms with Crippen LogP contribution in [0.2, 0.25) is 0 Å². The van der Waals surface area contributed by atoms with Gasteiger partial charge in [0.2, 0.25) is 0 Å². The molecule has 0 spiro atoms. The topological polar surface area (TPSA) is 49.3 Å². The molecule has 82 valence electrons. The maximum atomic E-state index is 11.4. The Morgan fingerprint density at radius 3 is 2.40 bits per heavy atom. The van der Waals surface area contributed by atoms with E-state index in [2.05, 4.69) is 5.32 Å². The number of carbonyl (C=O) groups is 1. The standard InChI is InChI=1S/C12H17NO2/c1-3-9-12(13-2,11(14)15)10-7-5-4-6-8-10/h4-8,13H,3,9H2,1-2H3,(H,14,15). The van der Waals surface area contributed by atoms with Crippen LogP contribution in [0.3, 0.4) is 0 Å². The predicted molar refractivity (Wildman–Crippen MR) is 59.7 cm³/mol. The molecule has 0 radical (unpaired) electrons. The fourth-order valence-corrected chi connectivity index (χ4v) is 1.85. The number of hydrogen-bond acceptors (Lipinski definition) is 2. The van der Waals surface area contributed by atoms with Gasteiger partial charge in [0.1, 0.15) is 5.54 Å². The first-order valence-corrected chi connectivity index (χ1v) is 5.15. The van der Waals surface area contributed by atoms with Crippen LogP contribution in [0.4, 0.5) is 0 Å². The highest BCUT2D eigenvalue weighted by Crippen LogP contribution is 2.26. The zero-order valence-electron chi connectivity index (χ0n) is 9.16. The Morgan fingerprint density at radius 1 is 1.40 bits per heavy atom. The summed E-state index contributed by atoms with van der Waals surface area (Å²) in [4.78, 5) is 11.4. The molecule has 2 N–H and O–H groups in total. The third-order valence-electron chi connectivity index (χ3n) is 2.68. The van der Waals surface area contributed by atoms with Crippen molar-refractivity contribution in [3.8, 4) is 0 Å². The van der Waals surface area contributed by atoms with E-state index in [0.29, 0.717) is 6.42 Å². The number of nitrogens with one attached hydrogen (secondary N) is 1. The van der Waals surface area contributed by atoms with Crippen molar-refractivity contribution in [3.05, 3.63) is 35.9 Å². The second kappa shape index (κ2) is 4.94. The molecular formula is C12H17NO2. The van der Waals surface area contributed by atoms with Crippen molar-refractivity contribution in [2.75, 3.05) is 7.05 Å². The van der Waals surface area contributed by atoms with Crippen LogP contribution in [0.15, 0.2) is 30.3 Å². The fraction of sp³-hybridized carbons (Fsp3) is 0.417. The molecule has 1 aromatic rings. The smallest absolute Gasteiger partial charge is 0.328 e. The summed E-state index contributed by atoms with van der Waals surface area (Å²) in [5.74, 6) is -0.821. The van der Waals surface area contributed by atoms with E-state index in [4.69, 9.17) is 0 Å². The normalized spacial score (nSPS) is 14.5. The van der Waals surface area contributed by atoms with E-state index in [1.807, 2.05) is 37.3 Å². The van der Waals surface area contributed by atoms with Gasteiger partial charge in [-0.15, -0.1) is 0 Å². The van der Waals surface area contributed by atoms with Crippen molar-refractivity contribution in [2.45, 2.75) is 25.3 Å². The molecule has 1 atom stereocenters. The lowest BCUT2D eigenvalue weighted by molar-refractivity contribution is -0.145. The summed E-state index contributed by atoms with van der Waals surface area (Å²) in [7, 11) is 1.69. The predicted octanol–water partition coefficient (Wildman–Crippen LogP) is 1.99. The molecule has 0 bridgehead atoms. The second-order valence-corrected chi connectivity index (χ2v) is 3.58. The average molecular weight is 207 g/mol. The molecule has 0 aromatic heterocycles. The molecule has 1 unspecified atom stereocenters.